The van der Waals surface area contributed by atoms with Gasteiger partial charge in [0.25, 0.3) is 5.56 Å². The molecule has 0 spiro atoms. The van der Waals surface area contributed by atoms with Crippen molar-refractivity contribution in [1.29, 1.82) is 0 Å². The number of fused-ring (bicyclic) bond motifs is 1. The first kappa shape index (κ1) is 16.9. The summed E-state index contributed by atoms with van der Waals surface area (Å²) in [4.78, 5) is 27.3. The van der Waals surface area contributed by atoms with Crippen molar-refractivity contribution in [2.24, 2.45) is 12.5 Å². The van der Waals surface area contributed by atoms with Crippen LogP contribution in [0.1, 0.15) is 25.5 Å². The van der Waals surface area contributed by atoms with Gasteiger partial charge in [-0.3, -0.25) is 9.59 Å². The standard InChI is InChI=1S/C20H20ClN3O2/c1-20(4-5-20)19(26)22-11-14-7-13-8-16(21)15(10-17(13)23-14)12-3-6-24(2)18(25)9-12/h3,6-10,23H,4-5,11H2,1-2H3,(H,22,26). The van der Waals surface area contributed by atoms with Gasteiger partial charge in [0.2, 0.25) is 5.91 Å². The zero-order valence-corrected chi connectivity index (χ0v) is 15.5. The summed E-state index contributed by atoms with van der Waals surface area (Å²) in [6.45, 7) is 2.45. The predicted molar refractivity (Wildman–Crippen MR) is 103 cm³/mol. The Morgan fingerprint density at radius 3 is 2.77 bits per heavy atom. The highest BCUT2D eigenvalue weighted by Crippen LogP contribution is 2.45. The molecule has 1 saturated carbocycles. The van der Waals surface area contributed by atoms with Crippen molar-refractivity contribution in [3.8, 4) is 11.1 Å². The van der Waals surface area contributed by atoms with Crippen molar-refractivity contribution < 1.29 is 4.79 Å². The summed E-state index contributed by atoms with van der Waals surface area (Å²) in [6.07, 6.45) is 3.65. The molecule has 3 aromatic rings. The molecule has 6 heteroatoms. The molecule has 2 N–H and O–H groups in total. The van der Waals surface area contributed by atoms with Gasteiger partial charge >= 0.3 is 0 Å². The number of amides is 1. The van der Waals surface area contributed by atoms with Crippen LogP contribution in [0.2, 0.25) is 5.02 Å². The summed E-state index contributed by atoms with van der Waals surface area (Å²) in [6, 6.07) is 9.26. The van der Waals surface area contributed by atoms with E-state index in [1.165, 1.54) is 4.57 Å². The molecule has 1 aromatic carbocycles. The molecule has 0 saturated heterocycles. The Bertz CT molecular complexity index is 1080. The van der Waals surface area contributed by atoms with Gasteiger partial charge in [0, 0.05) is 51.9 Å². The molecular weight excluding hydrogens is 350 g/mol. The van der Waals surface area contributed by atoms with Crippen LogP contribution in [-0.4, -0.2) is 15.5 Å². The molecule has 0 unspecified atom stereocenters. The smallest absolute Gasteiger partial charge is 0.250 e. The second kappa shape index (κ2) is 6.02. The van der Waals surface area contributed by atoms with Crippen LogP contribution in [0.15, 0.2) is 41.3 Å². The lowest BCUT2D eigenvalue weighted by molar-refractivity contribution is -0.125. The number of aromatic nitrogens is 2. The third-order valence-electron chi connectivity index (χ3n) is 5.17. The fraction of sp³-hybridized carbons (Fsp3) is 0.300. The highest BCUT2D eigenvalue weighted by Gasteiger charge is 2.44. The van der Waals surface area contributed by atoms with Gasteiger partial charge < -0.3 is 14.9 Å². The Labute approximate surface area is 156 Å². The predicted octanol–water partition coefficient (Wildman–Crippen LogP) is 3.60. The number of pyridine rings is 1. The van der Waals surface area contributed by atoms with Gasteiger partial charge in [0.15, 0.2) is 0 Å². The van der Waals surface area contributed by atoms with Crippen molar-refractivity contribution >= 4 is 28.4 Å². The van der Waals surface area contributed by atoms with E-state index >= 15 is 0 Å². The zero-order chi connectivity index (χ0) is 18.5. The second-order valence-electron chi connectivity index (χ2n) is 7.32. The number of aromatic amines is 1. The number of hydrogen-bond acceptors (Lipinski definition) is 2. The number of carbonyl (C=O) groups is 1. The Morgan fingerprint density at radius 2 is 2.08 bits per heavy atom. The highest BCUT2D eigenvalue weighted by atomic mass is 35.5. The Kier molecular flexibility index (Phi) is 3.92. The summed E-state index contributed by atoms with van der Waals surface area (Å²) in [5.74, 6) is 0.106. The van der Waals surface area contributed by atoms with Crippen LogP contribution in [0.25, 0.3) is 22.0 Å². The molecule has 2 heterocycles. The molecule has 0 radical (unpaired) electrons. The summed E-state index contributed by atoms with van der Waals surface area (Å²) >= 11 is 6.44. The number of rotatable bonds is 4. The van der Waals surface area contributed by atoms with Gasteiger partial charge in [-0.05, 0) is 42.7 Å². The van der Waals surface area contributed by atoms with E-state index in [-0.39, 0.29) is 16.9 Å². The van der Waals surface area contributed by atoms with Crippen molar-refractivity contribution in [2.75, 3.05) is 0 Å². The maximum absolute atomic E-state index is 12.1. The molecule has 1 aliphatic carbocycles. The molecule has 2 aromatic heterocycles. The van der Waals surface area contributed by atoms with Gasteiger partial charge in [-0.1, -0.05) is 18.5 Å². The number of H-pyrrole nitrogens is 1. The van der Waals surface area contributed by atoms with Crippen molar-refractivity contribution in [3.05, 3.63) is 57.6 Å². The van der Waals surface area contributed by atoms with E-state index in [1.807, 2.05) is 31.2 Å². The zero-order valence-electron chi connectivity index (χ0n) is 14.7. The lowest BCUT2D eigenvalue weighted by Gasteiger charge is -2.08. The van der Waals surface area contributed by atoms with E-state index in [0.717, 1.165) is 40.6 Å². The van der Waals surface area contributed by atoms with E-state index in [1.54, 1.807) is 19.3 Å². The first-order valence-electron chi connectivity index (χ1n) is 8.62. The number of halogens is 1. The molecule has 0 bridgehead atoms. The number of aryl methyl sites for hydroxylation is 1. The quantitative estimate of drug-likeness (QED) is 0.737. The summed E-state index contributed by atoms with van der Waals surface area (Å²) in [7, 11) is 1.71. The number of nitrogens with zero attached hydrogens (tertiary/aromatic N) is 1. The SMILES string of the molecule is Cn1ccc(-c2cc3[nH]c(CNC(=O)C4(C)CC4)cc3cc2Cl)cc1=O. The largest absolute Gasteiger partial charge is 0.357 e. The van der Waals surface area contributed by atoms with E-state index in [4.69, 9.17) is 11.6 Å². The van der Waals surface area contributed by atoms with Gasteiger partial charge in [0.05, 0.1) is 6.54 Å². The van der Waals surface area contributed by atoms with Crippen LogP contribution in [0.5, 0.6) is 0 Å². The van der Waals surface area contributed by atoms with Crippen LogP contribution in [-0.2, 0) is 18.4 Å². The summed E-state index contributed by atoms with van der Waals surface area (Å²) in [5, 5.41) is 4.55. The minimum atomic E-state index is -0.179. The molecule has 1 aliphatic rings. The summed E-state index contributed by atoms with van der Waals surface area (Å²) in [5.41, 5.74) is 3.18. The molecule has 0 atom stereocenters. The Hall–Kier alpha value is -2.53. The van der Waals surface area contributed by atoms with Crippen molar-refractivity contribution in [2.45, 2.75) is 26.3 Å². The molecular formula is C20H20ClN3O2. The van der Waals surface area contributed by atoms with Crippen LogP contribution >= 0.6 is 11.6 Å². The van der Waals surface area contributed by atoms with Crippen LogP contribution < -0.4 is 10.9 Å². The normalized spacial score (nSPS) is 15.2. The van der Waals surface area contributed by atoms with Gasteiger partial charge in [-0.25, -0.2) is 0 Å². The van der Waals surface area contributed by atoms with E-state index < -0.39 is 0 Å². The van der Waals surface area contributed by atoms with E-state index in [0.29, 0.717) is 11.6 Å². The van der Waals surface area contributed by atoms with E-state index in [2.05, 4.69) is 10.3 Å². The third-order valence-corrected chi connectivity index (χ3v) is 5.48. The second-order valence-corrected chi connectivity index (χ2v) is 7.73. The monoisotopic (exact) mass is 369 g/mol. The van der Waals surface area contributed by atoms with Gasteiger partial charge in [0.1, 0.15) is 0 Å². The van der Waals surface area contributed by atoms with Crippen LogP contribution in [0.4, 0.5) is 0 Å². The van der Waals surface area contributed by atoms with Crippen molar-refractivity contribution in [1.82, 2.24) is 14.9 Å². The summed E-state index contributed by atoms with van der Waals surface area (Å²) < 4.78 is 1.52. The fourth-order valence-corrected chi connectivity index (χ4v) is 3.33. The maximum Gasteiger partial charge on any atom is 0.250 e. The first-order valence-corrected chi connectivity index (χ1v) is 9.00. The number of carbonyl (C=O) groups excluding carboxylic acids is 1. The molecule has 1 fully saturated rings. The van der Waals surface area contributed by atoms with Crippen molar-refractivity contribution in [3.63, 3.8) is 0 Å². The number of nitrogens with one attached hydrogen (secondary N) is 2. The van der Waals surface area contributed by atoms with Crippen LogP contribution in [0.3, 0.4) is 0 Å². The average molecular weight is 370 g/mol. The molecule has 1 amide bonds. The molecule has 0 aliphatic heterocycles. The molecule has 4 rings (SSSR count). The molecule has 26 heavy (non-hydrogen) atoms. The number of benzene rings is 1. The lowest BCUT2D eigenvalue weighted by atomic mass is 10.1. The average Bonchev–Trinajstić information content (AvgIpc) is 3.23. The van der Waals surface area contributed by atoms with Gasteiger partial charge in [-0.15, -0.1) is 0 Å². The highest BCUT2D eigenvalue weighted by molar-refractivity contribution is 6.34. The molecule has 5 nitrogen and oxygen atoms in total. The van der Waals surface area contributed by atoms with E-state index in [9.17, 15) is 9.59 Å². The lowest BCUT2D eigenvalue weighted by Crippen LogP contribution is -2.29. The minimum absolute atomic E-state index is 0.0814. The van der Waals surface area contributed by atoms with Gasteiger partial charge in [-0.2, -0.15) is 0 Å². The third kappa shape index (κ3) is 3.03. The minimum Gasteiger partial charge on any atom is -0.357 e. The first-order chi connectivity index (χ1) is 12.4. The Balaban J connectivity index is 1.63. The number of hydrogen-bond donors (Lipinski definition) is 2. The topological polar surface area (TPSA) is 66.9 Å². The Morgan fingerprint density at radius 1 is 1.31 bits per heavy atom. The maximum atomic E-state index is 12.1. The van der Waals surface area contributed by atoms with Crippen LogP contribution in [0, 0.1) is 5.41 Å². The molecule has 134 valence electrons. The fourth-order valence-electron chi connectivity index (χ4n) is 3.05.